The maximum absolute atomic E-state index is 7.33. The summed E-state index contributed by atoms with van der Waals surface area (Å²) >= 11 is 1.76. The molecule has 0 saturated heterocycles. The van der Waals surface area contributed by atoms with Gasteiger partial charge in [-0.1, -0.05) is 11.8 Å². The van der Waals surface area contributed by atoms with Crippen molar-refractivity contribution in [3.05, 3.63) is 12.4 Å². The smallest absolute Gasteiger partial charge is 0.167 e. The Bertz CT molecular complexity index is 367. The predicted molar refractivity (Wildman–Crippen MR) is 62.1 cm³/mol. The molecule has 0 aromatic carbocycles. The zero-order valence-electron chi connectivity index (χ0n) is 8.86. The van der Waals surface area contributed by atoms with Gasteiger partial charge in [0.15, 0.2) is 5.16 Å². The minimum Gasteiger partial charge on any atom is -0.388 e. The highest BCUT2D eigenvalue weighted by Gasteiger charge is 2.43. The number of nitrogens with one attached hydrogen (secondary N) is 1. The van der Waals surface area contributed by atoms with E-state index in [0.29, 0.717) is 11.3 Å². The second kappa shape index (κ2) is 3.89. The van der Waals surface area contributed by atoms with Crippen LogP contribution in [0.15, 0.2) is 17.6 Å². The second-order valence-electron chi connectivity index (χ2n) is 4.31. The van der Waals surface area contributed by atoms with E-state index in [-0.39, 0.29) is 0 Å². The third kappa shape index (κ3) is 2.53. The van der Waals surface area contributed by atoms with Gasteiger partial charge in [-0.25, -0.2) is 4.98 Å². The van der Waals surface area contributed by atoms with Crippen LogP contribution in [0.5, 0.6) is 0 Å². The van der Waals surface area contributed by atoms with Crippen molar-refractivity contribution in [2.24, 2.45) is 18.2 Å². The number of imidazole rings is 1. The molecule has 0 radical (unpaired) electrons. The van der Waals surface area contributed by atoms with Gasteiger partial charge in [0.25, 0.3) is 0 Å². The minimum absolute atomic E-state index is 0.294. The summed E-state index contributed by atoms with van der Waals surface area (Å²) in [7, 11) is 2.00. The van der Waals surface area contributed by atoms with Gasteiger partial charge in [0.2, 0.25) is 0 Å². The first-order chi connectivity index (χ1) is 7.11. The lowest BCUT2D eigenvalue weighted by molar-refractivity contribution is 0.610. The van der Waals surface area contributed by atoms with Gasteiger partial charge in [0.05, 0.1) is 5.84 Å². The standard InChI is InChI=1S/C10H16N4S/c1-14-5-4-13-9(14)15-7-10(2-3-10)6-8(11)12/h4-5H,2-3,6-7H2,1H3,(H3,11,12). The van der Waals surface area contributed by atoms with E-state index < -0.39 is 0 Å². The summed E-state index contributed by atoms with van der Waals surface area (Å²) in [6, 6.07) is 0. The average Bonchev–Trinajstić information content (AvgIpc) is 2.78. The number of aromatic nitrogens is 2. The van der Waals surface area contributed by atoms with E-state index in [4.69, 9.17) is 11.1 Å². The fourth-order valence-electron chi connectivity index (χ4n) is 1.66. The lowest BCUT2D eigenvalue weighted by Crippen LogP contribution is -2.18. The molecular weight excluding hydrogens is 208 g/mol. The Kier molecular flexibility index (Phi) is 2.73. The number of hydrogen-bond acceptors (Lipinski definition) is 3. The van der Waals surface area contributed by atoms with Crippen molar-refractivity contribution < 1.29 is 0 Å². The Morgan fingerprint density at radius 1 is 1.73 bits per heavy atom. The summed E-state index contributed by atoms with van der Waals surface area (Å²) in [4.78, 5) is 4.27. The van der Waals surface area contributed by atoms with Crippen LogP contribution in [0.3, 0.4) is 0 Å². The Morgan fingerprint density at radius 2 is 2.47 bits per heavy atom. The molecule has 15 heavy (non-hydrogen) atoms. The SMILES string of the molecule is Cn1ccnc1SCC1(CC(=N)N)CC1. The largest absolute Gasteiger partial charge is 0.388 e. The van der Waals surface area contributed by atoms with Gasteiger partial charge >= 0.3 is 0 Å². The van der Waals surface area contributed by atoms with Crippen molar-refractivity contribution in [3.8, 4) is 0 Å². The van der Waals surface area contributed by atoms with Crippen LogP contribution in [0.4, 0.5) is 0 Å². The van der Waals surface area contributed by atoms with E-state index in [2.05, 4.69) is 4.98 Å². The number of thioether (sulfide) groups is 1. The van der Waals surface area contributed by atoms with Crippen LogP contribution in [0.25, 0.3) is 0 Å². The molecule has 3 N–H and O–H groups in total. The molecule has 1 aromatic rings. The lowest BCUT2D eigenvalue weighted by Gasteiger charge is -2.12. The van der Waals surface area contributed by atoms with Gasteiger partial charge in [-0.2, -0.15) is 0 Å². The van der Waals surface area contributed by atoms with Crippen LogP contribution in [0.2, 0.25) is 0 Å². The van der Waals surface area contributed by atoms with Gasteiger partial charge in [-0.3, -0.25) is 5.41 Å². The molecule has 1 fully saturated rings. The summed E-state index contributed by atoms with van der Waals surface area (Å²) in [5.41, 5.74) is 5.74. The summed E-state index contributed by atoms with van der Waals surface area (Å²) in [6.45, 7) is 0. The van der Waals surface area contributed by atoms with Crippen molar-refractivity contribution in [3.63, 3.8) is 0 Å². The Labute approximate surface area is 93.8 Å². The monoisotopic (exact) mass is 224 g/mol. The van der Waals surface area contributed by atoms with Gasteiger partial charge in [0, 0.05) is 31.6 Å². The molecule has 1 heterocycles. The first-order valence-electron chi connectivity index (χ1n) is 5.04. The molecular formula is C10H16N4S. The Morgan fingerprint density at radius 3 is 2.93 bits per heavy atom. The number of amidine groups is 1. The average molecular weight is 224 g/mol. The summed E-state index contributed by atoms with van der Waals surface area (Å²) in [5.74, 6) is 1.34. The van der Waals surface area contributed by atoms with Gasteiger partial charge in [0.1, 0.15) is 0 Å². The van der Waals surface area contributed by atoms with E-state index >= 15 is 0 Å². The maximum atomic E-state index is 7.33. The molecule has 0 bridgehead atoms. The molecule has 1 aromatic heterocycles. The molecule has 0 unspecified atom stereocenters. The minimum atomic E-state index is 0.294. The number of nitrogens with two attached hydrogens (primary N) is 1. The summed E-state index contributed by atoms with van der Waals surface area (Å²) < 4.78 is 2.02. The highest BCUT2D eigenvalue weighted by molar-refractivity contribution is 7.99. The van der Waals surface area contributed by atoms with Crippen LogP contribution in [0.1, 0.15) is 19.3 Å². The van der Waals surface area contributed by atoms with Crippen molar-refractivity contribution in [2.75, 3.05) is 5.75 Å². The Balaban J connectivity index is 1.88. The van der Waals surface area contributed by atoms with E-state index in [1.165, 1.54) is 12.8 Å². The van der Waals surface area contributed by atoms with Crippen LogP contribution in [-0.2, 0) is 7.05 Å². The van der Waals surface area contributed by atoms with Crippen molar-refractivity contribution in [2.45, 2.75) is 24.4 Å². The molecule has 1 aliphatic carbocycles. The van der Waals surface area contributed by atoms with Crippen LogP contribution < -0.4 is 5.73 Å². The van der Waals surface area contributed by atoms with Crippen LogP contribution in [-0.4, -0.2) is 21.1 Å². The van der Waals surface area contributed by atoms with Crippen LogP contribution >= 0.6 is 11.8 Å². The molecule has 5 heteroatoms. The number of rotatable bonds is 5. The molecule has 82 valence electrons. The zero-order chi connectivity index (χ0) is 10.9. The van der Waals surface area contributed by atoms with E-state index in [0.717, 1.165) is 17.3 Å². The summed E-state index contributed by atoms with van der Waals surface area (Å²) in [5, 5.41) is 8.38. The summed E-state index contributed by atoms with van der Waals surface area (Å²) in [6.07, 6.45) is 6.90. The first-order valence-corrected chi connectivity index (χ1v) is 6.03. The number of nitrogens with zero attached hydrogens (tertiary/aromatic N) is 2. The quantitative estimate of drug-likeness (QED) is 0.453. The second-order valence-corrected chi connectivity index (χ2v) is 5.25. The fourth-order valence-corrected chi connectivity index (χ4v) is 2.89. The predicted octanol–water partition coefficient (Wildman–Crippen LogP) is 1.62. The molecule has 1 aliphatic rings. The normalized spacial score (nSPS) is 17.7. The van der Waals surface area contributed by atoms with E-state index in [1.54, 1.807) is 11.8 Å². The Hall–Kier alpha value is -0.970. The molecule has 0 atom stereocenters. The molecule has 0 aliphatic heterocycles. The number of aryl methyl sites for hydroxylation is 1. The van der Waals surface area contributed by atoms with Crippen molar-refractivity contribution in [1.82, 2.24) is 9.55 Å². The molecule has 0 amide bonds. The van der Waals surface area contributed by atoms with Gasteiger partial charge in [-0.15, -0.1) is 0 Å². The molecule has 1 saturated carbocycles. The maximum Gasteiger partial charge on any atom is 0.167 e. The third-order valence-electron chi connectivity index (χ3n) is 2.81. The molecule has 2 rings (SSSR count). The molecule has 4 nitrogen and oxygen atoms in total. The highest BCUT2D eigenvalue weighted by atomic mass is 32.2. The highest BCUT2D eigenvalue weighted by Crippen LogP contribution is 2.51. The fraction of sp³-hybridized carbons (Fsp3) is 0.600. The lowest BCUT2D eigenvalue weighted by atomic mass is 10.1. The van der Waals surface area contributed by atoms with Crippen molar-refractivity contribution in [1.29, 1.82) is 5.41 Å². The number of hydrogen-bond donors (Lipinski definition) is 2. The van der Waals surface area contributed by atoms with Crippen molar-refractivity contribution >= 4 is 17.6 Å². The topological polar surface area (TPSA) is 67.7 Å². The van der Waals surface area contributed by atoms with Gasteiger partial charge < -0.3 is 10.3 Å². The van der Waals surface area contributed by atoms with E-state index in [1.807, 2.05) is 24.0 Å². The van der Waals surface area contributed by atoms with Crippen LogP contribution in [0, 0.1) is 10.8 Å². The zero-order valence-corrected chi connectivity index (χ0v) is 9.68. The molecule has 0 spiro atoms. The first kappa shape index (κ1) is 10.5. The van der Waals surface area contributed by atoms with E-state index in [9.17, 15) is 0 Å². The van der Waals surface area contributed by atoms with Gasteiger partial charge in [-0.05, 0) is 18.3 Å². The third-order valence-corrected chi connectivity index (χ3v) is 4.22.